The van der Waals surface area contributed by atoms with Crippen LogP contribution in [0.5, 0.6) is 11.5 Å². The summed E-state index contributed by atoms with van der Waals surface area (Å²) in [4.78, 5) is 20.9. The first kappa shape index (κ1) is 17.8. The zero-order chi connectivity index (χ0) is 18.8. The highest BCUT2D eigenvalue weighted by atomic mass is 16.5. The Labute approximate surface area is 158 Å². The number of amides is 1. The minimum atomic E-state index is 0.288. The topological polar surface area (TPSA) is 80.9 Å². The van der Waals surface area contributed by atoms with Gasteiger partial charge in [-0.15, -0.1) is 0 Å². The Morgan fingerprint density at radius 1 is 1.15 bits per heavy atom. The van der Waals surface area contributed by atoms with Crippen molar-refractivity contribution in [3.05, 3.63) is 24.1 Å². The van der Waals surface area contributed by atoms with Crippen LogP contribution in [0.15, 0.2) is 22.7 Å². The Bertz CT molecular complexity index is 810. The molecule has 1 aliphatic carbocycles. The van der Waals surface area contributed by atoms with E-state index in [9.17, 15) is 4.79 Å². The second kappa shape index (κ2) is 7.56. The minimum Gasteiger partial charge on any atom is -0.493 e. The molecule has 0 radical (unpaired) electrons. The fourth-order valence-electron chi connectivity index (χ4n) is 3.32. The summed E-state index contributed by atoms with van der Waals surface area (Å²) in [6, 6.07) is 5.52. The smallest absolute Gasteiger partial charge is 0.241 e. The van der Waals surface area contributed by atoms with Crippen LogP contribution >= 0.6 is 0 Å². The lowest BCUT2D eigenvalue weighted by Crippen LogP contribution is -2.48. The van der Waals surface area contributed by atoms with Crippen LogP contribution < -0.4 is 9.47 Å². The molecule has 0 atom stereocenters. The maximum Gasteiger partial charge on any atom is 0.241 e. The molecule has 4 rings (SSSR count). The van der Waals surface area contributed by atoms with Crippen molar-refractivity contribution in [2.45, 2.75) is 19.4 Å². The van der Waals surface area contributed by atoms with Crippen molar-refractivity contribution < 1.29 is 18.8 Å². The van der Waals surface area contributed by atoms with E-state index in [4.69, 9.17) is 14.0 Å². The number of aromatic nitrogens is 2. The van der Waals surface area contributed by atoms with Gasteiger partial charge in [-0.1, -0.05) is 5.16 Å². The summed E-state index contributed by atoms with van der Waals surface area (Å²) < 4.78 is 16.0. The molecule has 8 nitrogen and oxygen atoms in total. The molecule has 2 aliphatic rings. The van der Waals surface area contributed by atoms with Crippen LogP contribution in [0.4, 0.5) is 0 Å². The molecular formula is C19H24N4O4. The van der Waals surface area contributed by atoms with Crippen molar-refractivity contribution in [3.63, 3.8) is 0 Å². The number of methoxy groups -OCH3 is 2. The maximum absolute atomic E-state index is 12.1. The first-order valence-corrected chi connectivity index (χ1v) is 9.24. The van der Waals surface area contributed by atoms with E-state index in [0.29, 0.717) is 35.7 Å². The van der Waals surface area contributed by atoms with E-state index in [0.717, 1.165) is 44.6 Å². The summed E-state index contributed by atoms with van der Waals surface area (Å²) in [7, 11) is 3.19. The number of ether oxygens (including phenoxy) is 2. The molecule has 1 amide bonds. The molecule has 8 heteroatoms. The monoisotopic (exact) mass is 372 g/mol. The molecular weight excluding hydrogens is 348 g/mol. The molecule has 27 heavy (non-hydrogen) atoms. The number of benzene rings is 1. The first-order chi connectivity index (χ1) is 13.2. The van der Waals surface area contributed by atoms with Gasteiger partial charge in [0.15, 0.2) is 11.5 Å². The molecule has 2 heterocycles. The molecule has 1 saturated carbocycles. The highest BCUT2D eigenvalue weighted by Gasteiger charge is 2.34. The second-order valence-corrected chi connectivity index (χ2v) is 6.96. The fraction of sp³-hybridized carbons (Fsp3) is 0.526. The lowest BCUT2D eigenvalue weighted by Gasteiger charge is -2.34. The predicted molar refractivity (Wildman–Crippen MR) is 97.4 cm³/mol. The second-order valence-electron chi connectivity index (χ2n) is 6.96. The first-order valence-electron chi connectivity index (χ1n) is 9.24. The van der Waals surface area contributed by atoms with Gasteiger partial charge >= 0.3 is 0 Å². The molecule has 2 fully saturated rings. The molecule has 1 saturated heterocycles. The van der Waals surface area contributed by atoms with Crippen LogP contribution in [0.1, 0.15) is 18.7 Å². The Hall–Kier alpha value is -2.61. The quantitative estimate of drug-likeness (QED) is 0.765. The van der Waals surface area contributed by atoms with E-state index < -0.39 is 0 Å². The Kier molecular flexibility index (Phi) is 4.98. The largest absolute Gasteiger partial charge is 0.493 e. The number of piperazine rings is 1. The molecule has 0 unspecified atom stereocenters. The van der Waals surface area contributed by atoms with Crippen LogP contribution in [0.2, 0.25) is 0 Å². The molecule has 0 N–H and O–H groups in total. The summed E-state index contributed by atoms with van der Waals surface area (Å²) in [6.45, 7) is 3.78. The molecule has 1 aliphatic heterocycles. The van der Waals surface area contributed by atoms with Gasteiger partial charge in [0, 0.05) is 37.7 Å². The SMILES string of the molecule is COc1ccc(-c2noc(CN3CCN(C(=O)C4CC4)CC3)n2)cc1OC. The van der Waals surface area contributed by atoms with Crippen LogP contribution in [0.25, 0.3) is 11.4 Å². The minimum absolute atomic E-state index is 0.288. The van der Waals surface area contributed by atoms with Crippen molar-refractivity contribution in [3.8, 4) is 22.9 Å². The number of carbonyl (C=O) groups excluding carboxylic acids is 1. The van der Waals surface area contributed by atoms with E-state index in [1.165, 1.54) is 0 Å². The van der Waals surface area contributed by atoms with Crippen molar-refractivity contribution in [2.75, 3.05) is 40.4 Å². The standard InChI is InChI=1S/C19H24N4O4/c1-25-15-6-5-14(11-16(15)26-2)18-20-17(27-21-18)12-22-7-9-23(10-8-22)19(24)13-3-4-13/h5-6,11,13H,3-4,7-10,12H2,1-2H3. The summed E-state index contributed by atoms with van der Waals surface area (Å²) in [5.41, 5.74) is 0.808. The highest BCUT2D eigenvalue weighted by Crippen LogP contribution is 2.32. The van der Waals surface area contributed by atoms with E-state index in [1.807, 2.05) is 23.1 Å². The highest BCUT2D eigenvalue weighted by molar-refractivity contribution is 5.81. The molecule has 144 valence electrons. The van der Waals surface area contributed by atoms with Gasteiger partial charge in [-0.3, -0.25) is 9.69 Å². The van der Waals surface area contributed by atoms with Gasteiger partial charge in [-0.25, -0.2) is 0 Å². The zero-order valence-corrected chi connectivity index (χ0v) is 15.7. The Balaban J connectivity index is 1.36. The van der Waals surface area contributed by atoms with Crippen molar-refractivity contribution in [1.29, 1.82) is 0 Å². The van der Waals surface area contributed by atoms with Gasteiger partial charge < -0.3 is 18.9 Å². The van der Waals surface area contributed by atoms with Crippen LogP contribution in [0.3, 0.4) is 0 Å². The van der Waals surface area contributed by atoms with Gasteiger partial charge in [0.25, 0.3) is 0 Å². The van der Waals surface area contributed by atoms with Gasteiger partial charge in [0.2, 0.25) is 17.6 Å². The van der Waals surface area contributed by atoms with Crippen molar-refractivity contribution in [1.82, 2.24) is 19.9 Å². The van der Waals surface area contributed by atoms with Gasteiger partial charge in [0.1, 0.15) is 0 Å². The van der Waals surface area contributed by atoms with E-state index >= 15 is 0 Å². The lowest BCUT2D eigenvalue weighted by atomic mass is 10.2. The summed E-state index contributed by atoms with van der Waals surface area (Å²) in [5, 5.41) is 4.08. The third kappa shape index (κ3) is 3.90. The normalized spacial score (nSPS) is 17.8. The number of carbonyl (C=O) groups is 1. The summed E-state index contributed by atoms with van der Waals surface area (Å²) >= 11 is 0. The third-order valence-corrected chi connectivity index (χ3v) is 5.08. The van der Waals surface area contributed by atoms with E-state index in [2.05, 4.69) is 15.0 Å². The average Bonchev–Trinajstić information content (AvgIpc) is 3.46. The Morgan fingerprint density at radius 3 is 2.56 bits per heavy atom. The van der Waals surface area contributed by atoms with Gasteiger partial charge in [0.05, 0.1) is 20.8 Å². The fourth-order valence-corrected chi connectivity index (χ4v) is 3.32. The van der Waals surface area contributed by atoms with Crippen LogP contribution in [-0.4, -0.2) is 66.2 Å². The third-order valence-electron chi connectivity index (χ3n) is 5.08. The van der Waals surface area contributed by atoms with Crippen molar-refractivity contribution >= 4 is 5.91 Å². The number of nitrogens with zero attached hydrogens (tertiary/aromatic N) is 4. The molecule has 0 spiro atoms. The van der Waals surface area contributed by atoms with Crippen molar-refractivity contribution in [2.24, 2.45) is 5.92 Å². The van der Waals surface area contributed by atoms with Crippen LogP contribution in [0, 0.1) is 5.92 Å². The molecule has 0 bridgehead atoms. The molecule has 2 aromatic rings. The number of rotatable bonds is 6. The maximum atomic E-state index is 12.1. The van der Waals surface area contributed by atoms with E-state index in [1.54, 1.807) is 14.2 Å². The van der Waals surface area contributed by atoms with Gasteiger partial charge in [-0.2, -0.15) is 4.98 Å². The molecule has 1 aromatic carbocycles. The summed E-state index contributed by atoms with van der Waals surface area (Å²) in [5.74, 6) is 2.98. The number of hydrogen-bond acceptors (Lipinski definition) is 7. The zero-order valence-electron chi connectivity index (χ0n) is 15.7. The lowest BCUT2D eigenvalue weighted by molar-refractivity contribution is -0.134. The molecule has 1 aromatic heterocycles. The number of hydrogen-bond donors (Lipinski definition) is 0. The van der Waals surface area contributed by atoms with Crippen LogP contribution in [-0.2, 0) is 11.3 Å². The predicted octanol–water partition coefficient (Wildman–Crippen LogP) is 1.81. The Morgan fingerprint density at radius 2 is 1.89 bits per heavy atom. The summed E-state index contributed by atoms with van der Waals surface area (Å²) in [6.07, 6.45) is 2.11. The van der Waals surface area contributed by atoms with E-state index in [-0.39, 0.29) is 5.92 Å². The average molecular weight is 372 g/mol. The van der Waals surface area contributed by atoms with Gasteiger partial charge in [-0.05, 0) is 31.0 Å².